The van der Waals surface area contributed by atoms with Gasteiger partial charge in [0, 0.05) is 11.8 Å². The highest BCUT2D eigenvalue weighted by Crippen LogP contribution is 2.46. The minimum absolute atomic E-state index is 0.179. The predicted octanol–water partition coefficient (Wildman–Crippen LogP) is 5.61. The van der Waals surface area contributed by atoms with Crippen molar-refractivity contribution in [2.24, 2.45) is 0 Å². The summed E-state index contributed by atoms with van der Waals surface area (Å²) in [4.78, 5) is 19.0. The van der Waals surface area contributed by atoms with E-state index in [0.29, 0.717) is 27.0 Å². The van der Waals surface area contributed by atoms with Gasteiger partial charge in [0.1, 0.15) is 0 Å². The topological polar surface area (TPSA) is 33.2 Å². The van der Waals surface area contributed by atoms with Gasteiger partial charge in [-0.05, 0) is 36.4 Å². The molecule has 1 aromatic heterocycles. The third-order valence-electron chi connectivity index (χ3n) is 4.01. The van der Waals surface area contributed by atoms with Crippen LogP contribution >= 0.6 is 23.2 Å². The van der Waals surface area contributed by atoms with Gasteiger partial charge in [0.25, 0.3) is 5.91 Å². The Morgan fingerprint density at radius 3 is 2.32 bits per heavy atom. The number of hydrogen-bond acceptors (Lipinski definition) is 2. The molecule has 25 heavy (non-hydrogen) atoms. The number of pyridine rings is 1. The van der Waals surface area contributed by atoms with Gasteiger partial charge in [0.15, 0.2) is 0 Å². The van der Waals surface area contributed by atoms with E-state index in [1.54, 1.807) is 35.4 Å². The zero-order valence-corrected chi connectivity index (χ0v) is 14.5. The fourth-order valence-electron chi connectivity index (χ4n) is 2.91. The number of aromatic nitrogens is 1. The molecule has 122 valence electrons. The second-order valence-corrected chi connectivity index (χ2v) is 6.35. The van der Waals surface area contributed by atoms with Crippen LogP contribution in [0.15, 0.2) is 66.9 Å². The summed E-state index contributed by atoms with van der Waals surface area (Å²) in [6, 6.07) is 18.3. The molecule has 2 aromatic carbocycles. The lowest BCUT2D eigenvalue weighted by Gasteiger charge is -2.20. The number of hydrogen-bond donors (Lipinski definition) is 0. The number of amides is 1. The van der Waals surface area contributed by atoms with E-state index in [-0.39, 0.29) is 5.91 Å². The fraction of sp³-hybridized carbons (Fsp3) is 0. The van der Waals surface area contributed by atoms with E-state index >= 15 is 0 Å². The number of anilines is 2. The molecular weight excluding hydrogens is 355 g/mol. The van der Waals surface area contributed by atoms with Gasteiger partial charge in [-0.1, -0.05) is 53.5 Å². The van der Waals surface area contributed by atoms with E-state index < -0.39 is 0 Å². The first kappa shape index (κ1) is 15.9. The SMILES string of the molecule is O=C1/C(=C\c2ccccn2)c2ccccc2N1c1c(Cl)cccc1Cl. The third-order valence-corrected chi connectivity index (χ3v) is 4.62. The summed E-state index contributed by atoms with van der Waals surface area (Å²) >= 11 is 12.7. The van der Waals surface area contributed by atoms with Gasteiger partial charge < -0.3 is 0 Å². The van der Waals surface area contributed by atoms with E-state index in [9.17, 15) is 4.79 Å². The first-order valence-electron chi connectivity index (χ1n) is 7.67. The van der Waals surface area contributed by atoms with Crippen LogP contribution in [0.1, 0.15) is 11.3 Å². The first-order valence-corrected chi connectivity index (χ1v) is 8.43. The Labute approximate surface area is 155 Å². The van der Waals surface area contributed by atoms with Crippen molar-refractivity contribution >= 4 is 52.1 Å². The van der Waals surface area contributed by atoms with Crippen LogP contribution in [0.25, 0.3) is 11.6 Å². The molecule has 0 bridgehead atoms. The highest BCUT2D eigenvalue weighted by Gasteiger charge is 2.35. The lowest BCUT2D eigenvalue weighted by atomic mass is 10.1. The summed E-state index contributed by atoms with van der Waals surface area (Å²) in [5.41, 5.74) is 3.35. The number of carbonyl (C=O) groups is 1. The van der Waals surface area contributed by atoms with Crippen LogP contribution in [0.4, 0.5) is 11.4 Å². The normalized spacial score (nSPS) is 14.9. The van der Waals surface area contributed by atoms with E-state index in [2.05, 4.69) is 4.98 Å². The number of halogens is 2. The highest BCUT2D eigenvalue weighted by atomic mass is 35.5. The second-order valence-electron chi connectivity index (χ2n) is 5.54. The van der Waals surface area contributed by atoms with Crippen LogP contribution in [-0.2, 0) is 4.79 Å². The Morgan fingerprint density at radius 2 is 1.60 bits per heavy atom. The molecule has 2 heterocycles. The maximum atomic E-state index is 13.2. The summed E-state index contributed by atoms with van der Waals surface area (Å²) in [7, 11) is 0. The molecule has 5 heteroatoms. The zero-order chi connectivity index (χ0) is 17.4. The Bertz CT molecular complexity index is 979. The van der Waals surface area contributed by atoms with Gasteiger partial charge in [0.2, 0.25) is 0 Å². The number of rotatable bonds is 2. The molecule has 1 aliphatic heterocycles. The Morgan fingerprint density at radius 1 is 0.880 bits per heavy atom. The van der Waals surface area contributed by atoms with Crippen LogP contribution in [-0.4, -0.2) is 10.9 Å². The highest BCUT2D eigenvalue weighted by molar-refractivity contribution is 6.44. The van der Waals surface area contributed by atoms with E-state index in [1.165, 1.54) is 0 Å². The van der Waals surface area contributed by atoms with Crippen molar-refractivity contribution in [2.75, 3.05) is 4.90 Å². The Kier molecular flexibility index (Phi) is 4.04. The van der Waals surface area contributed by atoms with Crippen molar-refractivity contribution in [3.05, 3.63) is 88.2 Å². The molecule has 0 fully saturated rings. The quantitative estimate of drug-likeness (QED) is 0.552. The lowest BCUT2D eigenvalue weighted by molar-refractivity contribution is -0.112. The minimum atomic E-state index is -0.179. The summed E-state index contributed by atoms with van der Waals surface area (Å²) in [5.74, 6) is -0.179. The van der Waals surface area contributed by atoms with Gasteiger partial charge >= 0.3 is 0 Å². The second kappa shape index (κ2) is 6.36. The van der Waals surface area contributed by atoms with Crippen molar-refractivity contribution in [1.29, 1.82) is 0 Å². The van der Waals surface area contributed by atoms with Gasteiger partial charge in [-0.15, -0.1) is 0 Å². The van der Waals surface area contributed by atoms with Gasteiger partial charge in [-0.2, -0.15) is 0 Å². The number of benzene rings is 2. The fourth-order valence-corrected chi connectivity index (χ4v) is 3.48. The summed E-state index contributed by atoms with van der Waals surface area (Å²) < 4.78 is 0. The first-order chi connectivity index (χ1) is 12.2. The zero-order valence-electron chi connectivity index (χ0n) is 13.0. The number of para-hydroxylation sites is 2. The Balaban J connectivity index is 1.92. The predicted molar refractivity (Wildman–Crippen MR) is 102 cm³/mol. The number of carbonyl (C=O) groups excluding carboxylic acids is 1. The third kappa shape index (κ3) is 2.72. The van der Waals surface area contributed by atoms with Crippen molar-refractivity contribution < 1.29 is 4.79 Å². The van der Waals surface area contributed by atoms with Crippen LogP contribution in [0.2, 0.25) is 10.0 Å². The Hall–Kier alpha value is -2.62. The molecule has 0 atom stereocenters. The summed E-state index contributed by atoms with van der Waals surface area (Å²) in [6.45, 7) is 0. The average Bonchev–Trinajstić information content (AvgIpc) is 2.89. The van der Waals surface area contributed by atoms with Crippen molar-refractivity contribution in [2.45, 2.75) is 0 Å². The van der Waals surface area contributed by atoms with Crippen molar-refractivity contribution in [3.8, 4) is 0 Å². The molecule has 4 rings (SSSR count). The van der Waals surface area contributed by atoms with Gasteiger partial charge in [0.05, 0.1) is 32.7 Å². The van der Waals surface area contributed by atoms with E-state index in [1.807, 2.05) is 42.5 Å². The van der Waals surface area contributed by atoms with Crippen molar-refractivity contribution in [1.82, 2.24) is 4.98 Å². The molecule has 0 aliphatic carbocycles. The molecule has 0 spiro atoms. The minimum Gasteiger partial charge on any atom is -0.273 e. The number of fused-ring (bicyclic) bond motifs is 1. The van der Waals surface area contributed by atoms with Crippen LogP contribution in [0.3, 0.4) is 0 Å². The molecular formula is C20H12Cl2N2O. The van der Waals surface area contributed by atoms with Crippen LogP contribution in [0.5, 0.6) is 0 Å². The van der Waals surface area contributed by atoms with E-state index in [4.69, 9.17) is 23.2 Å². The average molecular weight is 367 g/mol. The van der Waals surface area contributed by atoms with Crippen LogP contribution in [0, 0.1) is 0 Å². The van der Waals surface area contributed by atoms with Crippen molar-refractivity contribution in [3.63, 3.8) is 0 Å². The van der Waals surface area contributed by atoms with E-state index in [0.717, 1.165) is 11.3 Å². The number of nitrogens with zero attached hydrogens (tertiary/aromatic N) is 2. The molecule has 1 aliphatic rings. The molecule has 0 unspecified atom stereocenters. The maximum absolute atomic E-state index is 13.2. The lowest BCUT2D eigenvalue weighted by Crippen LogP contribution is -2.21. The largest absolute Gasteiger partial charge is 0.273 e. The molecule has 3 nitrogen and oxygen atoms in total. The van der Waals surface area contributed by atoms with Gasteiger partial charge in [-0.25, -0.2) is 0 Å². The molecule has 0 N–H and O–H groups in total. The smallest absolute Gasteiger partial charge is 0.263 e. The van der Waals surface area contributed by atoms with Crippen LogP contribution < -0.4 is 4.90 Å². The summed E-state index contributed by atoms with van der Waals surface area (Å²) in [6.07, 6.45) is 3.48. The summed E-state index contributed by atoms with van der Waals surface area (Å²) in [5, 5.41) is 0.851. The maximum Gasteiger partial charge on any atom is 0.263 e. The molecule has 1 amide bonds. The monoisotopic (exact) mass is 366 g/mol. The molecule has 0 saturated heterocycles. The molecule has 0 radical (unpaired) electrons. The standard InChI is InChI=1S/C20H12Cl2N2O/c21-16-8-5-9-17(22)19(16)24-18-10-2-1-7-14(18)15(20(24)25)12-13-6-3-4-11-23-13/h1-12H/b15-12-. The van der Waals surface area contributed by atoms with Gasteiger partial charge in [-0.3, -0.25) is 14.7 Å². The molecule has 3 aromatic rings. The molecule has 0 saturated carbocycles.